The molecule has 0 amide bonds. The third-order valence-corrected chi connectivity index (χ3v) is 11.6. The van der Waals surface area contributed by atoms with E-state index in [4.69, 9.17) is 4.42 Å². The van der Waals surface area contributed by atoms with Crippen molar-refractivity contribution in [3.63, 3.8) is 0 Å². The van der Waals surface area contributed by atoms with Gasteiger partial charge in [0, 0.05) is 38.0 Å². The van der Waals surface area contributed by atoms with Crippen LogP contribution in [0.5, 0.6) is 0 Å². The van der Waals surface area contributed by atoms with Gasteiger partial charge < -0.3 is 13.6 Å². The molecule has 0 spiro atoms. The number of benzene rings is 8. The van der Waals surface area contributed by atoms with E-state index in [0.717, 1.165) is 49.9 Å². The molecule has 57 heavy (non-hydrogen) atoms. The van der Waals surface area contributed by atoms with Crippen molar-refractivity contribution in [3.05, 3.63) is 200 Å². The van der Waals surface area contributed by atoms with Crippen LogP contribution in [0.25, 0.3) is 105 Å². The molecular weight excluding hydrogens is 693 g/mol. The fraction of sp³-hybridized carbons (Fsp3) is 0.0370. The first-order chi connectivity index (χ1) is 28.2. The van der Waals surface area contributed by atoms with Crippen LogP contribution in [0.2, 0.25) is 0 Å². The molecule has 3 heterocycles. The summed E-state index contributed by atoms with van der Waals surface area (Å²) in [5.41, 5.74) is 15.8. The fourth-order valence-corrected chi connectivity index (χ4v) is 8.95. The average molecular weight is 731 g/mol. The Balaban J connectivity index is 1.08. The van der Waals surface area contributed by atoms with Crippen LogP contribution in [0.1, 0.15) is 19.4 Å². The molecule has 11 aromatic rings. The first kappa shape index (κ1) is 33.0. The van der Waals surface area contributed by atoms with Crippen LogP contribution in [0.3, 0.4) is 0 Å². The van der Waals surface area contributed by atoms with Crippen LogP contribution in [-0.4, -0.2) is 9.13 Å². The lowest BCUT2D eigenvalue weighted by atomic mass is 9.97. The first-order valence-corrected chi connectivity index (χ1v) is 19.7. The molecule has 0 saturated heterocycles. The molecule has 0 bridgehead atoms. The molecule has 270 valence electrons. The second-order valence-corrected chi connectivity index (χ2v) is 14.8. The van der Waals surface area contributed by atoms with Gasteiger partial charge in [-0.05, 0) is 95.8 Å². The summed E-state index contributed by atoms with van der Waals surface area (Å²) < 4.78 is 11.6. The average Bonchev–Trinajstić information content (AvgIpc) is 3.93. The van der Waals surface area contributed by atoms with E-state index >= 15 is 0 Å². The van der Waals surface area contributed by atoms with Gasteiger partial charge in [-0.3, -0.25) is 0 Å². The van der Waals surface area contributed by atoms with E-state index in [9.17, 15) is 0 Å². The van der Waals surface area contributed by atoms with Crippen LogP contribution in [0.4, 0.5) is 0 Å². The minimum Gasteiger partial charge on any atom is -0.454 e. The maximum Gasteiger partial charge on any atom is 0.159 e. The number of rotatable bonds is 6. The Kier molecular flexibility index (Phi) is 7.61. The molecule has 0 radical (unpaired) electrons. The van der Waals surface area contributed by atoms with E-state index in [0.29, 0.717) is 0 Å². The number of fused-ring (bicyclic) bond motifs is 9. The lowest BCUT2D eigenvalue weighted by molar-refractivity contribution is 0.666. The summed E-state index contributed by atoms with van der Waals surface area (Å²) in [6, 6.07) is 63.9. The summed E-state index contributed by atoms with van der Waals surface area (Å²) >= 11 is 0. The standard InChI is InChI=1S/C54H38N2O/c1-3-13-35(4-2)36-22-24-37(25-23-36)38-26-28-39(29-27-38)40-30-31-51-46(32-40)44-16-7-9-18-48(44)55(51)41-33-47-45-17-8-12-21-53(45)57-54(47)52(34-41)56-49-19-10-5-14-42(49)43-15-6-11-20-50(43)56/h3-34H,1-2H3/b13-3-,35-4+. The molecule has 0 aliphatic rings. The second-order valence-electron chi connectivity index (χ2n) is 14.8. The monoisotopic (exact) mass is 730 g/mol. The van der Waals surface area contributed by atoms with Gasteiger partial charge in [0.2, 0.25) is 0 Å². The zero-order chi connectivity index (χ0) is 38.0. The Bertz CT molecular complexity index is 3350. The summed E-state index contributed by atoms with van der Waals surface area (Å²) in [4.78, 5) is 0. The van der Waals surface area contributed by atoms with E-state index in [2.05, 4.69) is 211 Å². The molecule has 0 fully saturated rings. The van der Waals surface area contributed by atoms with Gasteiger partial charge in [-0.1, -0.05) is 146 Å². The minimum atomic E-state index is 0.880. The summed E-state index contributed by atoms with van der Waals surface area (Å²) in [6.45, 7) is 4.14. The van der Waals surface area contributed by atoms with Gasteiger partial charge in [-0.15, -0.1) is 0 Å². The summed E-state index contributed by atoms with van der Waals surface area (Å²) in [5, 5.41) is 7.09. The van der Waals surface area contributed by atoms with Crippen molar-refractivity contribution in [2.45, 2.75) is 13.8 Å². The number of allylic oxidation sites excluding steroid dienone is 4. The molecule has 0 N–H and O–H groups in total. The third kappa shape index (κ3) is 5.20. The van der Waals surface area contributed by atoms with Gasteiger partial charge in [-0.25, -0.2) is 0 Å². The van der Waals surface area contributed by atoms with Crippen molar-refractivity contribution < 1.29 is 4.42 Å². The lowest BCUT2D eigenvalue weighted by Crippen LogP contribution is -1.99. The lowest BCUT2D eigenvalue weighted by Gasteiger charge is -2.14. The van der Waals surface area contributed by atoms with Crippen LogP contribution in [-0.2, 0) is 0 Å². The number of para-hydroxylation sites is 4. The van der Waals surface area contributed by atoms with Crippen molar-refractivity contribution in [3.8, 4) is 33.6 Å². The van der Waals surface area contributed by atoms with Crippen LogP contribution in [0, 0.1) is 0 Å². The maximum atomic E-state index is 6.75. The zero-order valence-electron chi connectivity index (χ0n) is 31.8. The highest BCUT2D eigenvalue weighted by molar-refractivity contribution is 6.15. The molecular formula is C54H38N2O. The molecule has 0 atom stereocenters. The van der Waals surface area contributed by atoms with E-state index in [-0.39, 0.29) is 0 Å². The molecule has 0 saturated carbocycles. The number of hydrogen-bond acceptors (Lipinski definition) is 1. The summed E-state index contributed by atoms with van der Waals surface area (Å²) in [7, 11) is 0. The third-order valence-electron chi connectivity index (χ3n) is 11.6. The number of nitrogens with zero attached hydrogens (tertiary/aromatic N) is 2. The van der Waals surface area contributed by atoms with E-state index in [1.54, 1.807) is 0 Å². The van der Waals surface area contributed by atoms with Crippen LogP contribution >= 0.6 is 0 Å². The molecule has 0 aliphatic heterocycles. The fourth-order valence-electron chi connectivity index (χ4n) is 8.95. The van der Waals surface area contributed by atoms with Crippen molar-refractivity contribution in [1.82, 2.24) is 9.13 Å². The number of hydrogen-bond donors (Lipinski definition) is 0. The SMILES string of the molecule is C/C=C\C(=C/C)c1ccc(-c2ccc(-c3ccc4c(c3)c3ccccc3n4-c3cc(-n4c5ccccc5c5ccccc54)c4oc5ccccc5c4c3)cc2)cc1. The van der Waals surface area contributed by atoms with Crippen molar-refractivity contribution in [2.75, 3.05) is 0 Å². The molecule has 8 aromatic carbocycles. The Labute approximate surface area is 330 Å². The Hall–Kier alpha value is -7.36. The normalized spacial score (nSPS) is 12.4. The van der Waals surface area contributed by atoms with Gasteiger partial charge in [-0.2, -0.15) is 0 Å². The van der Waals surface area contributed by atoms with Crippen LogP contribution < -0.4 is 0 Å². The molecule has 0 unspecified atom stereocenters. The Morgan fingerprint density at radius 1 is 0.439 bits per heavy atom. The highest BCUT2D eigenvalue weighted by Gasteiger charge is 2.21. The zero-order valence-corrected chi connectivity index (χ0v) is 31.8. The Morgan fingerprint density at radius 2 is 0.947 bits per heavy atom. The molecule has 3 nitrogen and oxygen atoms in total. The van der Waals surface area contributed by atoms with Gasteiger partial charge in [0.15, 0.2) is 5.58 Å². The predicted molar refractivity (Wildman–Crippen MR) is 242 cm³/mol. The van der Waals surface area contributed by atoms with Gasteiger partial charge >= 0.3 is 0 Å². The van der Waals surface area contributed by atoms with Gasteiger partial charge in [0.1, 0.15) is 5.58 Å². The van der Waals surface area contributed by atoms with Crippen molar-refractivity contribution >= 4 is 71.1 Å². The Morgan fingerprint density at radius 3 is 1.58 bits per heavy atom. The first-order valence-electron chi connectivity index (χ1n) is 19.7. The number of furan rings is 1. The highest BCUT2D eigenvalue weighted by atomic mass is 16.3. The van der Waals surface area contributed by atoms with E-state index in [1.165, 1.54) is 60.5 Å². The molecule has 11 rings (SSSR count). The van der Waals surface area contributed by atoms with Gasteiger partial charge in [0.25, 0.3) is 0 Å². The smallest absolute Gasteiger partial charge is 0.159 e. The molecule has 3 heteroatoms. The molecule has 0 aliphatic carbocycles. The van der Waals surface area contributed by atoms with Crippen LogP contribution in [0.15, 0.2) is 199 Å². The van der Waals surface area contributed by atoms with E-state index in [1.807, 2.05) is 6.07 Å². The topological polar surface area (TPSA) is 23.0 Å². The van der Waals surface area contributed by atoms with Gasteiger partial charge in [0.05, 0.1) is 27.8 Å². The summed E-state index contributed by atoms with van der Waals surface area (Å²) in [5.74, 6) is 0. The summed E-state index contributed by atoms with van der Waals surface area (Å²) in [6.07, 6.45) is 6.40. The predicted octanol–water partition coefficient (Wildman–Crippen LogP) is 15.1. The number of aromatic nitrogens is 2. The second kappa shape index (κ2) is 13.1. The largest absolute Gasteiger partial charge is 0.454 e. The quantitative estimate of drug-likeness (QED) is 0.156. The van der Waals surface area contributed by atoms with E-state index < -0.39 is 0 Å². The molecule has 3 aromatic heterocycles. The minimum absolute atomic E-state index is 0.880. The maximum absolute atomic E-state index is 6.75. The highest BCUT2D eigenvalue weighted by Crippen LogP contribution is 2.42. The van der Waals surface area contributed by atoms with Crippen molar-refractivity contribution in [1.29, 1.82) is 0 Å². The van der Waals surface area contributed by atoms with Crippen molar-refractivity contribution in [2.24, 2.45) is 0 Å².